The molecule has 5 nitrogen and oxygen atoms in total. The van der Waals surface area contributed by atoms with Gasteiger partial charge >= 0.3 is 0 Å². The van der Waals surface area contributed by atoms with E-state index in [1.165, 1.54) is 0 Å². The Morgan fingerprint density at radius 1 is 1.44 bits per heavy atom. The SMILES string of the molecule is Cc1nn(C)c(C)c1CCC(=O)NOCC(C)C. The molecule has 0 aliphatic rings. The lowest BCUT2D eigenvalue weighted by Crippen LogP contribution is -2.25. The van der Waals surface area contributed by atoms with Crippen LogP contribution in [0.3, 0.4) is 0 Å². The number of hydrogen-bond acceptors (Lipinski definition) is 3. The van der Waals surface area contributed by atoms with Crippen LogP contribution in [0.25, 0.3) is 0 Å². The van der Waals surface area contributed by atoms with Crippen molar-refractivity contribution in [2.24, 2.45) is 13.0 Å². The van der Waals surface area contributed by atoms with E-state index in [0.717, 1.165) is 17.0 Å². The molecule has 1 aromatic heterocycles. The lowest BCUT2D eigenvalue weighted by Gasteiger charge is -2.07. The van der Waals surface area contributed by atoms with Crippen LogP contribution in [0.2, 0.25) is 0 Å². The third kappa shape index (κ3) is 4.14. The first-order chi connectivity index (χ1) is 8.41. The van der Waals surface area contributed by atoms with Crippen molar-refractivity contribution in [1.82, 2.24) is 15.3 Å². The topological polar surface area (TPSA) is 56.2 Å². The van der Waals surface area contributed by atoms with Gasteiger partial charge in [-0.2, -0.15) is 5.10 Å². The van der Waals surface area contributed by atoms with Gasteiger partial charge in [0.25, 0.3) is 0 Å². The molecule has 1 rings (SSSR count). The Kier molecular flexibility index (Phi) is 5.34. The fourth-order valence-electron chi connectivity index (χ4n) is 1.76. The summed E-state index contributed by atoms with van der Waals surface area (Å²) in [6.45, 7) is 8.59. The van der Waals surface area contributed by atoms with Gasteiger partial charge in [0.1, 0.15) is 0 Å². The van der Waals surface area contributed by atoms with Gasteiger partial charge in [0, 0.05) is 19.2 Å². The maximum absolute atomic E-state index is 11.6. The maximum atomic E-state index is 11.6. The summed E-state index contributed by atoms with van der Waals surface area (Å²) in [6, 6.07) is 0. The monoisotopic (exact) mass is 253 g/mol. The van der Waals surface area contributed by atoms with Crippen LogP contribution in [0.5, 0.6) is 0 Å². The number of aromatic nitrogens is 2. The number of nitrogens with one attached hydrogen (secondary N) is 1. The van der Waals surface area contributed by atoms with Crippen LogP contribution < -0.4 is 5.48 Å². The molecular weight excluding hydrogens is 230 g/mol. The second kappa shape index (κ2) is 6.54. The van der Waals surface area contributed by atoms with E-state index < -0.39 is 0 Å². The lowest BCUT2D eigenvalue weighted by atomic mass is 10.1. The summed E-state index contributed by atoms with van der Waals surface area (Å²) in [5.74, 6) is 0.325. The highest BCUT2D eigenvalue weighted by atomic mass is 16.6. The molecular formula is C13H23N3O2. The maximum Gasteiger partial charge on any atom is 0.243 e. The van der Waals surface area contributed by atoms with Crippen molar-refractivity contribution in [2.45, 2.75) is 40.5 Å². The second-order valence-corrected chi connectivity index (χ2v) is 5.00. The van der Waals surface area contributed by atoms with E-state index in [0.29, 0.717) is 25.4 Å². The summed E-state index contributed by atoms with van der Waals surface area (Å²) in [5, 5.41) is 4.33. The third-order valence-electron chi connectivity index (χ3n) is 2.86. The van der Waals surface area contributed by atoms with E-state index in [1.807, 2.05) is 39.4 Å². The highest BCUT2D eigenvalue weighted by Gasteiger charge is 2.11. The minimum absolute atomic E-state index is 0.0849. The average Bonchev–Trinajstić information content (AvgIpc) is 2.50. The molecule has 0 saturated carbocycles. The Morgan fingerprint density at radius 2 is 2.11 bits per heavy atom. The molecule has 0 aromatic carbocycles. The molecule has 0 atom stereocenters. The van der Waals surface area contributed by atoms with Gasteiger partial charge in [0.15, 0.2) is 0 Å². The third-order valence-corrected chi connectivity index (χ3v) is 2.86. The molecule has 0 unspecified atom stereocenters. The van der Waals surface area contributed by atoms with Gasteiger partial charge in [-0.15, -0.1) is 0 Å². The summed E-state index contributed by atoms with van der Waals surface area (Å²) in [7, 11) is 1.91. The van der Waals surface area contributed by atoms with Crippen molar-refractivity contribution in [3.8, 4) is 0 Å². The molecule has 102 valence electrons. The van der Waals surface area contributed by atoms with Gasteiger partial charge < -0.3 is 0 Å². The van der Waals surface area contributed by atoms with Crippen molar-refractivity contribution < 1.29 is 9.63 Å². The molecule has 1 N–H and O–H groups in total. The first-order valence-corrected chi connectivity index (χ1v) is 6.31. The Morgan fingerprint density at radius 3 is 2.61 bits per heavy atom. The van der Waals surface area contributed by atoms with Crippen LogP contribution in [-0.2, 0) is 23.1 Å². The van der Waals surface area contributed by atoms with Crippen LogP contribution in [0.1, 0.15) is 37.2 Å². The van der Waals surface area contributed by atoms with Crippen LogP contribution in [0.4, 0.5) is 0 Å². The summed E-state index contributed by atoms with van der Waals surface area (Å²) in [4.78, 5) is 16.7. The highest BCUT2D eigenvalue weighted by molar-refractivity contribution is 5.75. The van der Waals surface area contributed by atoms with Crippen molar-refractivity contribution in [1.29, 1.82) is 0 Å². The number of amides is 1. The zero-order valence-corrected chi connectivity index (χ0v) is 11.9. The molecule has 0 radical (unpaired) electrons. The number of rotatable bonds is 6. The van der Waals surface area contributed by atoms with E-state index in [2.05, 4.69) is 10.6 Å². The van der Waals surface area contributed by atoms with E-state index in [9.17, 15) is 4.79 Å². The first-order valence-electron chi connectivity index (χ1n) is 6.31. The molecule has 0 aliphatic carbocycles. The van der Waals surface area contributed by atoms with E-state index in [4.69, 9.17) is 4.84 Å². The smallest absolute Gasteiger partial charge is 0.243 e. The fourth-order valence-corrected chi connectivity index (χ4v) is 1.76. The van der Waals surface area contributed by atoms with Crippen LogP contribution in [-0.4, -0.2) is 22.3 Å². The quantitative estimate of drug-likeness (QED) is 0.785. The molecule has 1 heterocycles. The summed E-state index contributed by atoms with van der Waals surface area (Å²) >= 11 is 0. The fraction of sp³-hybridized carbons (Fsp3) is 0.692. The largest absolute Gasteiger partial charge is 0.273 e. The van der Waals surface area contributed by atoms with E-state index in [-0.39, 0.29) is 5.91 Å². The Balaban J connectivity index is 2.38. The van der Waals surface area contributed by atoms with Gasteiger partial charge in [-0.25, -0.2) is 5.48 Å². The predicted octanol–water partition coefficient (Wildman–Crippen LogP) is 1.67. The summed E-state index contributed by atoms with van der Waals surface area (Å²) < 4.78 is 1.85. The van der Waals surface area contributed by atoms with Gasteiger partial charge in [-0.05, 0) is 31.7 Å². The summed E-state index contributed by atoms with van der Waals surface area (Å²) in [6.07, 6.45) is 1.12. The van der Waals surface area contributed by atoms with Gasteiger partial charge in [-0.1, -0.05) is 13.8 Å². The molecule has 18 heavy (non-hydrogen) atoms. The van der Waals surface area contributed by atoms with E-state index in [1.54, 1.807) is 0 Å². The Bertz CT molecular complexity index is 411. The van der Waals surface area contributed by atoms with Gasteiger partial charge in [-0.3, -0.25) is 14.3 Å². The second-order valence-electron chi connectivity index (χ2n) is 5.00. The highest BCUT2D eigenvalue weighted by Crippen LogP contribution is 2.13. The molecule has 1 aromatic rings. The lowest BCUT2D eigenvalue weighted by molar-refractivity contribution is -0.134. The Hall–Kier alpha value is -1.36. The Labute approximate surface area is 108 Å². The standard InChI is InChI=1S/C13H23N3O2/c1-9(2)8-18-15-13(17)7-6-12-10(3)14-16(5)11(12)4/h9H,6-8H2,1-5H3,(H,15,17). The molecule has 1 amide bonds. The number of carbonyl (C=O) groups is 1. The molecule has 0 spiro atoms. The van der Waals surface area contributed by atoms with Crippen molar-refractivity contribution in [3.05, 3.63) is 17.0 Å². The normalized spacial score (nSPS) is 11.0. The number of aryl methyl sites for hydroxylation is 2. The van der Waals surface area contributed by atoms with E-state index >= 15 is 0 Å². The number of hydrogen-bond donors (Lipinski definition) is 1. The van der Waals surface area contributed by atoms with Crippen molar-refractivity contribution in [3.63, 3.8) is 0 Å². The van der Waals surface area contributed by atoms with Crippen molar-refractivity contribution >= 4 is 5.91 Å². The van der Waals surface area contributed by atoms with Crippen LogP contribution >= 0.6 is 0 Å². The first kappa shape index (κ1) is 14.7. The molecule has 0 saturated heterocycles. The van der Waals surface area contributed by atoms with Crippen molar-refractivity contribution in [2.75, 3.05) is 6.61 Å². The van der Waals surface area contributed by atoms with Crippen LogP contribution in [0.15, 0.2) is 0 Å². The zero-order chi connectivity index (χ0) is 13.7. The number of carbonyl (C=O) groups excluding carboxylic acids is 1. The predicted molar refractivity (Wildman–Crippen MR) is 69.9 cm³/mol. The average molecular weight is 253 g/mol. The number of nitrogens with zero attached hydrogens (tertiary/aromatic N) is 2. The molecule has 0 bridgehead atoms. The minimum Gasteiger partial charge on any atom is -0.273 e. The van der Waals surface area contributed by atoms with Crippen LogP contribution in [0, 0.1) is 19.8 Å². The van der Waals surface area contributed by atoms with Gasteiger partial charge in [0.2, 0.25) is 5.91 Å². The molecule has 5 heteroatoms. The van der Waals surface area contributed by atoms with Gasteiger partial charge in [0.05, 0.1) is 12.3 Å². The molecule has 0 aliphatic heterocycles. The number of hydroxylamine groups is 1. The summed E-state index contributed by atoms with van der Waals surface area (Å²) in [5.41, 5.74) is 5.72. The molecule has 0 fully saturated rings. The zero-order valence-electron chi connectivity index (χ0n) is 11.9. The minimum atomic E-state index is -0.0849.